The summed E-state index contributed by atoms with van der Waals surface area (Å²) in [6.45, 7) is 5.21. The van der Waals surface area contributed by atoms with Crippen LogP contribution in [0.5, 0.6) is 0 Å². The lowest BCUT2D eigenvalue weighted by Gasteiger charge is -2.16. The van der Waals surface area contributed by atoms with Crippen LogP contribution in [0.3, 0.4) is 0 Å². The maximum Gasteiger partial charge on any atom is 0.253 e. The van der Waals surface area contributed by atoms with Crippen LogP contribution < -0.4 is 0 Å². The van der Waals surface area contributed by atoms with Crippen molar-refractivity contribution in [3.63, 3.8) is 0 Å². The molecule has 0 fully saturated rings. The normalized spacial score (nSPS) is 10.9. The molecule has 4 rings (SSSR count). The molecule has 0 N–H and O–H groups in total. The van der Waals surface area contributed by atoms with Crippen molar-refractivity contribution >= 4 is 5.91 Å². The molecule has 4 aromatic rings. The molecule has 0 aliphatic carbocycles. The Morgan fingerprint density at radius 3 is 2.40 bits per heavy atom. The minimum absolute atomic E-state index is 0.0225. The molecule has 6 nitrogen and oxygen atoms in total. The van der Waals surface area contributed by atoms with Gasteiger partial charge in [-0.1, -0.05) is 30.3 Å². The smallest absolute Gasteiger partial charge is 0.253 e. The lowest BCUT2D eigenvalue weighted by Crippen LogP contribution is -2.26. The highest BCUT2D eigenvalue weighted by Crippen LogP contribution is 2.15. The topological polar surface area (TPSA) is 56.0 Å². The van der Waals surface area contributed by atoms with Crippen molar-refractivity contribution in [3.8, 4) is 5.69 Å². The summed E-state index contributed by atoms with van der Waals surface area (Å²) in [5.74, 6) is -0.0225. The van der Waals surface area contributed by atoms with Crippen LogP contribution >= 0.6 is 0 Å². The number of hydrogen-bond acceptors (Lipinski definition) is 3. The second-order valence-electron chi connectivity index (χ2n) is 7.58. The third-order valence-corrected chi connectivity index (χ3v) is 5.01. The Morgan fingerprint density at radius 2 is 1.73 bits per heavy atom. The number of rotatable bonds is 6. The van der Waals surface area contributed by atoms with Gasteiger partial charge in [0.05, 0.1) is 24.1 Å². The lowest BCUT2D eigenvalue weighted by molar-refractivity contribution is 0.0785. The van der Waals surface area contributed by atoms with Crippen molar-refractivity contribution in [1.29, 1.82) is 0 Å². The molecule has 2 aromatic carbocycles. The Morgan fingerprint density at radius 1 is 1.00 bits per heavy atom. The van der Waals surface area contributed by atoms with E-state index in [1.807, 2.05) is 91.2 Å². The van der Waals surface area contributed by atoms with Gasteiger partial charge in [-0.15, -0.1) is 0 Å². The van der Waals surface area contributed by atoms with Gasteiger partial charge in [0, 0.05) is 36.6 Å². The van der Waals surface area contributed by atoms with Crippen molar-refractivity contribution in [2.24, 2.45) is 0 Å². The summed E-state index contributed by atoms with van der Waals surface area (Å²) in [5.41, 5.74) is 5.83. The molecule has 2 heterocycles. The first-order chi connectivity index (χ1) is 14.5. The van der Waals surface area contributed by atoms with E-state index in [2.05, 4.69) is 22.3 Å². The zero-order valence-corrected chi connectivity index (χ0v) is 17.5. The van der Waals surface area contributed by atoms with Gasteiger partial charge >= 0.3 is 0 Å². The van der Waals surface area contributed by atoms with Crippen LogP contribution in [0.4, 0.5) is 0 Å². The Labute approximate surface area is 176 Å². The number of aromatic nitrogens is 4. The van der Waals surface area contributed by atoms with Crippen molar-refractivity contribution in [1.82, 2.24) is 24.5 Å². The van der Waals surface area contributed by atoms with E-state index in [1.54, 1.807) is 4.90 Å². The van der Waals surface area contributed by atoms with Gasteiger partial charge in [0.15, 0.2) is 0 Å². The molecule has 1 amide bonds. The number of nitrogens with zero attached hydrogens (tertiary/aromatic N) is 5. The molecule has 2 aromatic heterocycles. The number of carbonyl (C=O) groups excluding carboxylic acids is 1. The van der Waals surface area contributed by atoms with Gasteiger partial charge < -0.3 is 4.90 Å². The minimum atomic E-state index is -0.0225. The van der Waals surface area contributed by atoms with Gasteiger partial charge in [0.2, 0.25) is 0 Å². The first-order valence-electron chi connectivity index (χ1n) is 9.94. The SMILES string of the molecule is Cc1cc(C)n(-c2ccc(C(=O)N(C)Cc3cnn(Cc4ccccc4)c3)cc2)n1. The van der Waals surface area contributed by atoms with Crippen LogP contribution in [0.2, 0.25) is 0 Å². The molecular formula is C24H25N5O. The average Bonchev–Trinajstić information content (AvgIpc) is 3.33. The fourth-order valence-corrected chi connectivity index (χ4v) is 3.55. The fraction of sp³-hybridized carbons (Fsp3) is 0.208. The van der Waals surface area contributed by atoms with Gasteiger partial charge in [-0.3, -0.25) is 9.48 Å². The zero-order chi connectivity index (χ0) is 21.1. The predicted molar refractivity (Wildman–Crippen MR) is 117 cm³/mol. The van der Waals surface area contributed by atoms with Gasteiger partial charge in [-0.2, -0.15) is 10.2 Å². The predicted octanol–water partition coefficient (Wildman–Crippen LogP) is 4.01. The second kappa shape index (κ2) is 8.37. The van der Waals surface area contributed by atoms with E-state index in [9.17, 15) is 4.79 Å². The van der Waals surface area contributed by atoms with E-state index < -0.39 is 0 Å². The third-order valence-electron chi connectivity index (χ3n) is 5.01. The highest BCUT2D eigenvalue weighted by atomic mass is 16.2. The first kappa shape index (κ1) is 19.6. The summed E-state index contributed by atoms with van der Waals surface area (Å²) < 4.78 is 3.78. The van der Waals surface area contributed by atoms with E-state index in [0.717, 1.165) is 22.6 Å². The molecule has 0 aliphatic heterocycles. The van der Waals surface area contributed by atoms with Crippen molar-refractivity contribution in [2.45, 2.75) is 26.9 Å². The summed E-state index contributed by atoms with van der Waals surface area (Å²) in [5, 5.41) is 8.91. The zero-order valence-electron chi connectivity index (χ0n) is 17.5. The van der Waals surface area contributed by atoms with Gasteiger partial charge in [0.1, 0.15) is 0 Å². The largest absolute Gasteiger partial charge is 0.337 e. The summed E-state index contributed by atoms with van der Waals surface area (Å²) in [4.78, 5) is 14.6. The molecule has 0 radical (unpaired) electrons. The molecule has 0 spiro atoms. The summed E-state index contributed by atoms with van der Waals surface area (Å²) in [6, 6.07) is 19.8. The van der Waals surface area contributed by atoms with Gasteiger partial charge in [0.25, 0.3) is 5.91 Å². The van der Waals surface area contributed by atoms with Crippen LogP contribution in [-0.2, 0) is 13.1 Å². The number of benzene rings is 2. The van der Waals surface area contributed by atoms with E-state index in [4.69, 9.17) is 0 Å². The number of amides is 1. The molecule has 30 heavy (non-hydrogen) atoms. The Hall–Kier alpha value is -3.67. The van der Waals surface area contributed by atoms with Crippen LogP contribution in [-0.4, -0.2) is 37.4 Å². The van der Waals surface area contributed by atoms with E-state index in [-0.39, 0.29) is 5.91 Å². The summed E-state index contributed by atoms with van der Waals surface area (Å²) in [6.07, 6.45) is 3.81. The van der Waals surface area contributed by atoms with Gasteiger partial charge in [-0.25, -0.2) is 4.68 Å². The maximum absolute atomic E-state index is 12.8. The standard InChI is InChI=1S/C24H25N5O/c1-18-13-19(2)29(26-18)23-11-9-22(10-12-23)24(30)27(3)15-21-14-25-28(17-21)16-20-7-5-4-6-8-20/h4-14,17H,15-16H2,1-3H3. The molecule has 0 unspecified atom stereocenters. The molecule has 0 saturated heterocycles. The quantitative estimate of drug-likeness (QED) is 0.492. The van der Waals surface area contributed by atoms with E-state index in [1.165, 1.54) is 5.56 Å². The highest BCUT2D eigenvalue weighted by molar-refractivity contribution is 5.94. The average molecular weight is 399 g/mol. The molecule has 0 bridgehead atoms. The summed E-state index contributed by atoms with van der Waals surface area (Å²) in [7, 11) is 1.81. The van der Waals surface area contributed by atoms with Crippen LogP contribution in [0.15, 0.2) is 73.1 Å². The first-order valence-corrected chi connectivity index (χ1v) is 9.94. The number of aryl methyl sites for hydroxylation is 2. The minimum Gasteiger partial charge on any atom is -0.337 e. The van der Waals surface area contributed by atoms with Crippen LogP contribution in [0, 0.1) is 13.8 Å². The molecule has 0 aliphatic rings. The Balaban J connectivity index is 1.41. The molecule has 6 heteroatoms. The molecule has 0 atom stereocenters. The molecular weight excluding hydrogens is 374 g/mol. The monoisotopic (exact) mass is 399 g/mol. The fourth-order valence-electron chi connectivity index (χ4n) is 3.55. The lowest BCUT2D eigenvalue weighted by atomic mass is 10.1. The summed E-state index contributed by atoms with van der Waals surface area (Å²) >= 11 is 0. The number of hydrogen-bond donors (Lipinski definition) is 0. The number of carbonyl (C=O) groups is 1. The Kier molecular flexibility index (Phi) is 5.48. The Bertz CT molecular complexity index is 1140. The van der Waals surface area contributed by atoms with Crippen molar-refractivity contribution < 1.29 is 4.79 Å². The van der Waals surface area contributed by atoms with E-state index in [0.29, 0.717) is 18.7 Å². The van der Waals surface area contributed by atoms with Crippen LogP contribution in [0.1, 0.15) is 32.9 Å². The maximum atomic E-state index is 12.8. The second-order valence-corrected chi connectivity index (χ2v) is 7.58. The van der Waals surface area contributed by atoms with Crippen LogP contribution in [0.25, 0.3) is 5.69 Å². The molecule has 0 saturated carbocycles. The van der Waals surface area contributed by atoms with Crippen molar-refractivity contribution in [3.05, 3.63) is 101 Å². The third kappa shape index (κ3) is 4.33. The molecule has 152 valence electrons. The van der Waals surface area contributed by atoms with Crippen molar-refractivity contribution in [2.75, 3.05) is 7.05 Å². The highest BCUT2D eigenvalue weighted by Gasteiger charge is 2.14. The van der Waals surface area contributed by atoms with E-state index >= 15 is 0 Å². The van der Waals surface area contributed by atoms with Gasteiger partial charge in [-0.05, 0) is 49.7 Å².